The highest BCUT2D eigenvalue weighted by Gasteiger charge is 2.47. The van der Waals surface area contributed by atoms with E-state index in [0.717, 1.165) is 51.4 Å². The van der Waals surface area contributed by atoms with E-state index in [-0.39, 0.29) is 18.3 Å². The molecule has 1 aliphatic heterocycles. The van der Waals surface area contributed by atoms with Gasteiger partial charge in [0.25, 0.3) is 0 Å². The van der Waals surface area contributed by atoms with Crippen LogP contribution in [0.25, 0.3) is 0 Å². The van der Waals surface area contributed by atoms with Gasteiger partial charge in [-0.15, -0.1) is 0 Å². The predicted molar refractivity (Wildman–Crippen MR) is 111 cm³/mol. The van der Waals surface area contributed by atoms with Crippen molar-refractivity contribution in [2.24, 2.45) is 0 Å². The fraction of sp³-hybridized carbons (Fsp3) is 1.00. The van der Waals surface area contributed by atoms with Crippen molar-refractivity contribution in [1.82, 2.24) is 0 Å². The zero-order valence-corrected chi connectivity index (χ0v) is 18.6. The minimum atomic E-state index is -1.03. The Morgan fingerprint density at radius 3 is 1.64 bits per heavy atom. The molecular formula is C22H44O6. The third-order valence-corrected chi connectivity index (χ3v) is 4.96. The van der Waals surface area contributed by atoms with Gasteiger partial charge < -0.3 is 28.8 Å². The molecule has 0 bridgehead atoms. The van der Waals surface area contributed by atoms with Crippen LogP contribution in [-0.2, 0) is 23.7 Å². The second kappa shape index (κ2) is 16.5. The van der Waals surface area contributed by atoms with E-state index in [9.17, 15) is 5.11 Å². The van der Waals surface area contributed by atoms with Crippen molar-refractivity contribution in [3.8, 4) is 0 Å². The fourth-order valence-corrected chi connectivity index (χ4v) is 3.13. The average Bonchev–Trinajstić information content (AvgIpc) is 2.69. The Morgan fingerprint density at radius 1 is 0.643 bits per heavy atom. The van der Waals surface area contributed by atoms with Gasteiger partial charge >= 0.3 is 0 Å². The summed E-state index contributed by atoms with van der Waals surface area (Å²) in [5.74, 6) is 0. The molecule has 1 unspecified atom stereocenters. The summed E-state index contributed by atoms with van der Waals surface area (Å²) in [5, 5.41) is 10.6. The molecular weight excluding hydrogens is 360 g/mol. The summed E-state index contributed by atoms with van der Waals surface area (Å²) in [6.45, 7) is 11.5. The van der Waals surface area contributed by atoms with Crippen molar-refractivity contribution in [2.45, 2.75) is 110 Å². The third kappa shape index (κ3) is 9.51. The molecule has 0 aromatic heterocycles. The lowest BCUT2D eigenvalue weighted by Crippen LogP contribution is -2.61. The third-order valence-electron chi connectivity index (χ3n) is 4.96. The lowest BCUT2D eigenvalue weighted by molar-refractivity contribution is -0.312. The van der Waals surface area contributed by atoms with E-state index in [1.165, 1.54) is 0 Å². The van der Waals surface area contributed by atoms with Gasteiger partial charge in [-0.2, -0.15) is 0 Å². The lowest BCUT2D eigenvalue weighted by atomic mass is 9.98. The van der Waals surface area contributed by atoms with Gasteiger partial charge in [-0.25, -0.2) is 0 Å². The maximum Gasteiger partial charge on any atom is 0.184 e. The van der Waals surface area contributed by atoms with Gasteiger partial charge in [0, 0.05) is 26.4 Å². The number of aliphatic hydroxyl groups is 1. The SMILES string of the molecule is CCCCOC[C@H]1OC(O)[C@H](OCCCC)[C@@H](OCCCC)[C@H]1OCCCC. The zero-order valence-electron chi connectivity index (χ0n) is 18.6. The summed E-state index contributed by atoms with van der Waals surface area (Å²) in [6, 6.07) is 0. The number of hydrogen-bond acceptors (Lipinski definition) is 6. The molecule has 0 aromatic rings. The highest BCUT2D eigenvalue weighted by Crippen LogP contribution is 2.28. The van der Waals surface area contributed by atoms with Crippen molar-refractivity contribution >= 4 is 0 Å². The summed E-state index contributed by atoms with van der Waals surface area (Å²) in [5.41, 5.74) is 0. The van der Waals surface area contributed by atoms with Gasteiger partial charge in [0.05, 0.1) is 6.61 Å². The van der Waals surface area contributed by atoms with Crippen LogP contribution in [0.5, 0.6) is 0 Å². The molecule has 168 valence electrons. The summed E-state index contributed by atoms with van der Waals surface area (Å²) in [7, 11) is 0. The molecule has 5 atom stereocenters. The van der Waals surface area contributed by atoms with E-state index in [0.29, 0.717) is 33.0 Å². The van der Waals surface area contributed by atoms with E-state index in [1.54, 1.807) is 0 Å². The molecule has 1 fully saturated rings. The Bertz CT molecular complexity index is 354. The summed E-state index contributed by atoms with van der Waals surface area (Å²) in [4.78, 5) is 0. The standard InChI is InChI=1S/C22H44O6/c1-5-9-13-24-17-18-19(25-14-10-6-2)20(26-15-11-7-3)21(22(23)28-18)27-16-12-8-4/h18-23H,5-17H2,1-4H3/t18-,19+,20+,21-,22?/m1/s1. The van der Waals surface area contributed by atoms with Crippen LogP contribution in [0.3, 0.4) is 0 Å². The van der Waals surface area contributed by atoms with Crippen molar-refractivity contribution in [3.05, 3.63) is 0 Å². The Labute approximate surface area is 172 Å². The smallest absolute Gasteiger partial charge is 0.184 e. The minimum Gasteiger partial charge on any atom is -0.379 e. The highest BCUT2D eigenvalue weighted by atomic mass is 16.7. The molecule has 0 aliphatic carbocycles. The number of hydrogen-bond donors (Lipinski definition) is 1. The van der Waals surface area contributed by atoms with Crippen molar-refractivity contribution < 1.29 is 28.8 Å². The van der Waals surface area contributed by atoms with E-state index in [1.807, 2.05) is 0 Å². The molecule has 0 spiro atoms. The van der Waals surface area contributed by atoms with Crippen LogP contribution in [0.4, 0.5) is 0 Å². The molecule has 6 heteroatoms. The normalized spacial score (nSPS) is 28.0. The van der Waals surface area contributed by atoms with E-state index >= 15 is 0 Å². The summed E-state index contributed by atoms with van der Waals surface area (Å²) < 4.78 is 30.1. The van der Waals surface area contributed by atoms with Gasteiger partial charge in [0.15, 0.2) is 6.29 Å². The van der Waals surface area contributed by atoms with E-state index in [2.05, 4.69) is 27.7 Å². The van der Waals surface area contributed by atoms with Crippen molar-refractivity contribution in [3.63, 3.8) is 0 Å². The highest BCUT2D eigenvalue weighted by molar-refractivity contribution is 4.92. The molecule has 1 N–H and O–H groups in total. The average molecular weight is 405 g/mol. The maximum absolute atomic E-state index is 10.6. The van der Waals surface area contributed by atoms with E-state index < -0.39 is 12.4 Å². The maximum atomic E-state index is 10.6. The quantitative estimate of drug-likeness (QED) is 0.369. The molecule has 1 rings (SSSR count). The van der Waals surface area contributed by atoms with Gasteiger partial charge in [-0.1, -0.05) is 53.4 Å². The van der Waals surface area contributed by atoms with Crippen LogP contribution in [0.1, 0.15) is 79.1 Å². The second-order valence-electron chi connectivity index (χ2n) is 7.56. The molecule has 0 saturated carbocycles. The minimum absolute atomic E-state index is 0.306. The molecule has 0 aromatic carbocycles. The molecule has 6 nitrogen and oxygen atoms in total. The van der Waals surface area contributed by atoms with Gasteiger partial charge in [0.2, 0.25) is 0 Å². The number of unbranched alkanes of at least 4 members (excludes halogenated alkanes) is 4. The first-order valence-electron chi connectivity index (χ1n) is 11.5. The van der Waals surface area contributed by atoms with Crippen molar-refractivity contribution in [2.75, 3.05) is 33.0 Å². The Balaban J connectivity index is 2.84. The van der Waals surface area contributed by atoms with Gasteiger partial charge in [0.1, 0.15) is 24.4 Å². The number of ether oxygens (including phenoxy) is 5. The van der Waals surface area contributed by atoms with Crippen LogP contribution in [0.15, 0.2) is 0 Å². The van der Waals surface area contributed by atoms with Gasteiger partial charge in [-0.05, 0) is 25.7 Å². The first-order chi connectivity index (χ1) is 13.7. The zero-order chi connectivity index (χ0) is 20.6. The number of aliphatic hydroxyl groups excluding tert-OH is 1. The van der Waals surface area contributed by atoms with Gasteiger partial charge in [-0.3, -0.25) is 0 Å². The van der Waals surface area contributed by atoms with Crippen LogP contribution in [-0.4, -0.2) is 68.8 Å². The predicted octanol–water partition coefficient (Wildman–Crippen LogP) is 4.08. The largest absolute Gasteiger partial charge is 0.379 e. The van der Waals surface area contributed by atoms with Crippen LogP contribution < -0.4 is 0 Å². The molecule has 1 heterocycles. The first-order valence-corrected chi connectivity index (χ1v) is 11.5. The van der Waals surface area contributed by atoms with Crippen LogP contribution in [0, 0.1) is 0 Å². The molecule has 1 saturated heterocycles. The Hall–Kier alpha value is -0.240. The first kappa shape index (κ1) is 25.8. The Kier molecular flexibility index (Phi) is 15.2. The number of rotatable bonds is 17. The monoisotopic (exact) mass is 404 g/mol. The topological polar surface area (TPSA) is 66.4 Å². The summed E-state index contributed by atoms with van der Waals surface area (Å²) in [6.07, 6.45) is 5.53. The molecule has 28 heavy (non-hydrogen) atoms. The summed E-state index contributed by atoms with van der Waals surface area (Å²) >= 11 is 0. The van der Waals surface area contributed by atoms with Crippen LogP contribution >= 0.6 is 0 Å². The molecule has 1 aliphatic rings. The van der Waals surface area contributed by atoms with Crippen LogP contribution in [0.2, 0.25) is 0 Å². The Morgan fingerprint density at radius 2 is 1.11 bits per heavy atom. The lowest BCUT2D eigenvalue weighted by Gasteiger charge is -2.44. The van der Waals surface area contributed by atoms with Crippen molar-refractivity contribution in [1.29, 1.82) is 0 Å². The molecule has 0 radical (unpaired) electrons. The second-order valence-corrected chi connectivity index (χ2v) is 7.56. The molecule has 0 amide bonds. The fourth-order valence-electron chi connectivity index (χ4n) is 3.13. The van der Waals surface area contributed by atoms with E-state index in [4.69, 9.17) is 23.7 Å².